The third-order valence-corrected chi connectivity index (χ3v) is 5.40. The average Bonchev–Trinajstić information content (AvgIpc) is 3.21. The molecule has 0 spiro atoms. The van der Waals surface area contributed by atoms with E-state index in [1.165, 1.54) is 13.3 Å². The summed E-state index contributed by atoms with van der Waals surface area (Å²) >= 11 is 0. The largest absolute Gasteiger partial charge is 0.361 e. The van der Waals surface area contributed by atoms with Crippen LogP contribution in [0.4, 0.5) is 0 Å². The first-order valence-corrected chi connectivity index (χ1v) is 10.1. The van der Waals surface area contributed by atoms with Gasteiger partial charge in [-0.05, 0) is 24.5 Å². The third-order valence-electron chi connectivity index (χ3n) is 5.40. The van der Waals surface area contributed by atoms with Gasteiger partial charge >= 0.3 is 0 Å². The zero-order valence-electron chi connectivity index (χ0n) is 16.6. The quantitative estimate of drug-likeness (QED) is 0.593. The second kappa shape index (κ2) is 8.46. The summed E-state index contributed by atoms with van der Waals surface area (Å²) < 4.78 is 2.11. The molecule has 1 aliphatic rings. The number of fused-ring (bicyclic) bond motifs is 2. The van der Waals surface area contributed by atoms with Gasteiger partial charge in [0.1, 0.15) is 11.9 Å². The van der Waals surface area contributed by atoms with E-state index in [9.17, 15) is 9.59 Å². The van der Waals surface area contributed by atoms with Gasteiger partial charge in [0.2, 0.25) is 11.8 Å². The Morgan fingerprint density at radius 3 is 2.93 bits per heavy atom. The Bertz CT molecular complexity index is 1020. The van der Waals surface area contributed by atoms with E-state index in [1.54, 1.807) is 0 Å². The number of amides is 2. The zero-order chi connectivity index (χ0) is 20.2. The lowest BCUT2D eigenvalue weighted by Crippen LogP contribution is -2.47. The van der Waals surface area contributed by atoms with E-state index in [0.717, 1.165) is 53.9 Å². The van der Waals surface area contributed by atoms with Crippen LogP contribution in [0.1, 0.15) is 43.4 Å². The van der Waals surface area contributed by atoms with Crippen molar-refractivity contribution in [2.24, 2.45) is 0 Å². The molecular weight excluding hydrogens is 368 g/mol. The van der Waals surface area contributed by atoms with Crippen LogP contribution >= 0.6 is 0 Å². The van der Waals surface area contributed by atoms with Crippen molar-refractivity contribution in [3.63, 3.8) is 0 Å². The van der Waals surface area contributed by atoms with Crippen molar-refractivity contribution < 1.29 is 9.59 Å². The molecule has 1 aromatic carbocycles. The fraction of sp³-hybridized carbons (Fsp3) is 0.429. The highest BCUT2D eigenvalue weighted by Crippen LogP contribution is 2.19. The fourth-order valence-electron chi connectivity index (χ4n) is 3.94. The molecule has 0 saturated heterocycles. The van der Waals surface area contributed by atoms with Gasteiger partial charge in [0.05, 0.1) is 6.54 Å². The van der Waals surface area contributed by atoms with Crippen LogP contribution in [0.25, 0.3) is 10.9 Å². The van der Waals surface area contributed by atoms with Crippen LogP contribution < -0.4 is 10.6 Å². The highest BCUT2D eigenvalue weighted by molar-refractivity contribution is 5.89. The molecule has 3 aromatic rings. The van der Waals surface area contributed by atoms with E-state index in [1.807, 2.05) is 30.5 Å². The van der Waals surface area contributed by atoms with Crippen molar-refractivity contribution in [2.45, 2.75) is 58.2 Å². The molecule has 2 aromatic heterocycles. The zero-order valence-corrected chi connectivity index (χ0v) is 16.6. The topological polar surface area (TPSA) is 105 Å². The number of benzene rings is 1. The second-order valence-electron chi connectivity index (χ2n) is 7.53. The number of carbonyl (C=O) groups is 2. The van der Waals surface area contributed by atoms with Crippen LogP contribution in [0.2, 0.25) is 0 Å². The van der Waals surface area contributed by atoms with E-state index >= 15 is 0 Å². The number of hydrogen-bond donors (Lipinski definition) is 3. The number of rotatable bonds is 6. The van der Waals surface area contributed by atoms with Crippen LogP contribution in [0.5, 0.6) is 0 Å². The van der Waals surface area contributed by atoms with Crippen LogP contribution in [-0.2, 0) is 35.5 Å². The number of nitrogens with one attached hydrogen (secondary N) is 3. The summed E-state index contributed by atoms with van der Waals surface area (Å²) in [5, 5.41) is 15.3. The normalized spacial score (nSPS) is 14.8. The standard InChI is InChI=1S/C21H26N6O2/c1-14(28)24-18(11-15-12-22-17-8-5-4-7-16(15)17)21(29)23-13-20-26-25-19-9-3-2-6-10-27(19)20/h4-5,7-8,12,18,22H,2-3,6,9-11,13H2,1H3,(H,23,29)(H,24,28). The molecule has 29 heavy (non-hydrogen) atoms. The molecule has 3 heterocycles. The van der Waals surface area contributed by atoms with Crippen molar-refractivity contribution in [1.82, 2.24) is 30.4 Å². The maximum Gasteiger partial charge on any atom is 0.243 e. The number of aromatic amines is 1. The molecule has 3 N–H and O–H groups in total. The first kappa shape index (κ1) is 19.2. The third kappa shape index (κ3) is 4.31. The van der Waals surface area contributed by atoms with Crippen molar-refractivity contribution in [3.05, 3.63) is 47.7 Å². The first-order valence-electron chi connectivity index (χ1n) is 10.1. The summed E-state index contributed by atoms with van der Waals surface area (Å²) in [6.07, 6.45) is 6.64. The molecule has 2 amide bonds. The Hall–Kier alpha value is -3.16. The molecule has 1 unspecified atom stereocenters. The molecule has 8 nitrogen and oxygen atoms in total. The molecule has 0 bridgehead atoms. The van der Waals surface area contributed by atoms with Gasteiger partial charge in [-0.1, -0.05) is 24.6 Å². The van der Waals surface area contributed by atoms with Gasteiger partial charge in [0.25, 0.3) is 0 Å². The van der Waals surface area contributed by atoms with Crippen LogP contribution in [0.15, 0.2) is 30.5 Å². The summed E-state index contributed by atoms with van der Waals surface area (Å²) in [5.74, 6) is 1.30. The number of nitrogens with zero attached hydrogens (tertiary/aromatic N) is 3. The van der Waals surface area contributed by atoms with Crippen molar-refractivity contribution in [3.8, 4) is 0 Å². The number of para-hydroxylation sites is 1. The second-order valence-corrected chi connectivity index (χ2v) is 7.53. The summed E-state index contributed by atoms with van der Waals surface area (Å²) in [4.78, 5) is 27.8. The predicted octanol–water partition coefficient (Wildman–Crippen LogP) is 1.85. The molecule has 1 atom stereocenters. The predicted molar refractivity (Wildman–Crippen MR) is 109 cm³/mol. The number of aryl methyl sites for hydroxylation is 1. The van der Waals surface area contributed by atoms with E-state index in [4.69, 9.17) is 0 Å². The minimum atomic E-state index is -0.654. The first-order chi connectivity index (χ1) is 14.1. The monoisotopic (exact) mass is 394 g/mol. The summed E-state index contributed by atoms with van der Waals surface area (Å²) in [6, 6.07) is 7.27. The molecule has 1 aliphatic heterocycles. The lowest BCUT2D eigenvalue weighted by Gasteiger charge is -2.17. The Morgan fingerprint density at radius 2 is 2.07 bits per heavy atom. The van der Waals surface area contributed by atoms with Crippen LogP contribution in [0.3, 0.4) is 0 Å². The lowest BCUT2D eigenvalue weighted by molar-refractivity contribution is -0.128. The maximum absolute atomic E-state index is 12.9. The van der Waals surface area contributed by atoms with Gasteiger partial charge in [-0.2, -0.15) is 0 Å². The minimum Gasteiger partial charge on any atom is -0.361 e. The van der Waals surface area contributed by atoms with Gasteiger partial charge in [-0.3, -0.25) is 9.59 Å². The fourth-order valence-corrected chi connectivity index (χ4v) is 3.94. The van der Waals surface area contributed by atoms with Crippen LogP contribution in [0, 0.1) is 0 Å². The molecular formula is C21H26N6O2. The van der Waals surface area contributed by atoms with E-state index < -0.39 is 6.04 Å². The molecule has 0 saturated carbocycles. The van der Waals surface area contributed by atoms with Gasteiger partial charge < -0.3 is 20.2 Å². The minimum absolute atomic E-state index is 0.226. The SMILES string of the molecule is CC(=O)NC(Cc1c[nH]c2ccccc12)C(=O)NCc1nnc2n1CCCCC2. The lowest BCUT2D eigenvalue weighted by atomic mass is 10.0. The molecule has 4 rings (SSSR count). The van der Waals surface area contributed by atoms with Gasteiger partial charge in [0.15, 0.2) is 5.82 Å². The number of carbonyl (C=O) groups excluding carboxylic acids is 2. The van der Waals surface area contributed by atoms with Crippen LogP contribution in [-0.4, -0.2) is 37.6 Å². The van der Waals surface area contributed by atoms with E-state index in [0.29, 0.717) is 13.0 Å². The molecule has 0 radical (unpaired) electrons. The van der Waals surface area contributed by atoms with Crippen molar-refractivity contribution in [2.75, 3.05) is 0 Å². The van der Waals surface area contributed by atoms with E-state index in [2.05, 4.69) is 30.4 Å². The number of hydrogen-bond acceptors (Lipinski definition) is 4. The number of aromatic nitrogens is 4. The average molecular weight is 394 g/mol. The molecule has 8 heteroatoms. The Kier molecular flexibility index (Phi) is 5.59. The summed E-state index contributed by atoms with van der Waals surface area (Å²) in [6.45, 7) is 2.61. The van der Waals surface area contributed by atoms with Gasteiger partial charge in [0, 0.05) is 43.4 Å². The highest BCUT2D eigenvalue weighted by atomic mass is 16.2. The van der Waals surface area contributed by atoms with Gasteiger partial charge in [-0.25, -0.2) is 0 Å². The Balaban J connectivity index is 1.46. The Morgan fingerprint density at radius 1 is 1.21 bits per heavy atom. The highest BCUT2D eigenvalue weighted by Gasteiger charge is 2.22. The smallest absolute Gasteiger partial charge is 0.243 e. The maximum atomic E-state index is 12.9. The summed E-state index contributed by atoms with van der Waals surface area (Å²) in [5.41, 5.74) is 2.00. The molecule has 0 aliphatic carbocycles. The molecule has 0 fully saturated rings. The summed E-state index contributed by atoms with van der Waals surface area (Å²) in [7, 11) is 0. The number of H-pyrrole nitrogens is 1. The van der Waals surface area contributed by atoms with Gasteiger partial charge in [-0.15, -0.1) is 10.2 Å². The Labute approximate surface area is 169 Å². The van der Waals surface area contributed by atoms with Crippen molar-refractivity contribution >= 4 is 22.7 Å². The molecule has 152 valence electrons. The van der Waals surface area contributed by atoms with Crippen molar-refractivity contribution in [1.29, 1.82) is 0 Å². The van der Waals surface area contributed by atoms with E-state index in [-0.39, 0.29) is 11.8 Å².